The summed E-state index contributed by atoms with van der Waals surface area (Å²) in [5.74, 6) is 0.176. The van der Waals surface area contributed by atoms with Crippen molar-refractivity contribution >= 4 is 33.6 Å². The van der Waals surface area contributed by atoms with Crippen molar-refractivity contribution in [2.24, 2.45) is 0 Å². The van der Waals surface area contributed by atoms with Crippen LogP contribution >= 0.6 is 11.8 Å². The Morgan fingerprint density at radius 1 is 0.933 bits per heavy atom. The third-order valence-corrected chi connectivity index (χ3v) is 8.23. The number of thioether (sulfide) groups is 1. The minimum Gasteiger partial charge on any atom is -0.274 e. The lowest BCUT2D eigenvalue weighted by molar-refractivity contribution is 0.0655. The molecule has 0 atom stereocenters. The van der Waals surface area contributed by atoms with Crippen LogP contribution in [0, 0.1) is 0 Å². The molecule has 158 valence electrons. The third-order valence-electron chi connectivity index (χ3n) is 5.32. The van der Waals surface area contributed by atoms with Gasteiger partial charge < -0.3 is 0 Å². The minimum absolute atomic E-state index is 0.222. The largest absolute Gasteiger partial charge is 0.274 e. The predicted molar refractivity (Wildman–Crippen MR) is 114 cm³/mol. The van der Waals surface area contributed by atoms with E-state index in [4.69, 9.17) is 0 Å². The zero-order valence-electron chi connectivity index (χ0n) is 16.5. The fraction of sp³-hybridized carbons (Fsp3) is 0.381. The fourth-order valence-electron chi connectivity index (χ4n) is 3.70. The molecule has 1 fully saturated rings. The van der Waals surface area contributed by atoms with E-state index in [1.165, 1.54) is 27.2 Å². The topological polar surface area (TPSA) is 87.7 Å². The highest BCUT2D eigenvalue weighted by Gasteiger charge is 2.34. The van der Waals surface area contributed by atoms with Gasteiger partial charge in [-0.1, -0.05) is 18.6 Å². The van der Waals surface area contributed by atoms with E-state index in [2.05, 4.69) is 4.98 Å². The molecule has 30 heavy (non-hydrogen) atoms. The van der Waals surface area contributed by atoms with Crippen LogP contribution in [0.5, 0.6) is 0 Å². The fourth-order valence-corrected chi connectivity index (χ4v) is 5.94. The maximum atomic E-state index is 12.7. The monoisotopic (exact) mass is 445 g/mol. The van der Waals surface area contributed by atoms with E-state index in [-0.39, 0.29) is 16.7 Å². The molecule has 0 saturated carbocycles. The Morgan fingerprint density at radius 3 is 2.20 bits per heavy atom. The van der Waals surface area contributed by atoms with Gasteiger partial charge in [0.05, 0.1) is 16.2 Å². The Labute approximate surface area is 180 Å². The smallest absolute Gasteiger partial charge is 0.261 e. The number of amides is 2. The van der Waals surface area contributed by atoms with Gasteiger partial charge in [0.15, 0.2) is 0 Å². The molecule has 0 radical (unpaired) electrons. The Morgan fingerprint density at radius 2 is 1.60 bits per heavy atom. The normalized spacial score (nSPS) is 17.4. The van der Waals surface area contributed by atoms with Gasteiger partial charge in [0.25, 0.3) is 11.8 Å². The molecule has 0 bridgehead atoms. The third kappa shape index (κ3) is 4.14. The highest BCUT2D eigenvalue weighted by molar-refractivity contribution is 7.99. The maximum Gasteiger partial charge on any atom is 0.261 e. The van der Waals surface area contributed by atoms with E-state index < -0.39 is 10.0 Å². The number of fused-ring (bicyclic) bond motifs is 1. The van der Waals surface area contributed by atoms with Gasteiger partial charge in [-0.25, -0.2) is 13.4 Å². The van der Waals surface area contributed by atoms with E-state index in [0.717, 1.165) is 24.3 Å². The molecule has 0 unspecified atom stereocenters. The number of hydrogen-bond donors (Lipinski definition) is 0. The second-order valence-electron chi connectivity index (χ2n) is 7.31. The Balaban J connectivity index is 1.29. The second kappa shape index (κ2) is 8.87. The van der Waals surface area contributed by atoms with Gasteiger partial charge in [0.2, 0.25) is 10.0 Å². The summed E-state index contributed by atoms with van der Waals surface area (Å²) in [6.07, 6.45) is 4.91. The lowest BCUT2D eigenvalue weighted by Crippen LogP contribution is -2.35. The van der Waals surface area contributed by atoms with Crippen molar-refractivity contribution in [1.29, 1.82) is 0 Å². The van der Waals surface area contributed by atoms with E-state index in [1.54, 1.807) is 36.4 Å². The zero-order valence-corrected chi connectivity index (χ0v) is 18.1. The van der Waals surface area contributed by atoms with Crippen LogP contribution in [0.2, 0.25) is 0 Å². The molecule has 9 heteroatoms. The van der Waals surface area contributed by atoms with Crippen molar-refractivity contribution in [1.82, 2.24) is 14.2 Å². The zero-order chi connectivity index (χ0) is 21.1. The molecule has 0 N–H and O–H groups in total. The quantitative estimate of drug-likeness (QED) is 0.370. The molecular weight excluding hydrogens is 422 g/mol. The van der Waals surface area contributed by atoms with Crippen molar-refractivity contribution in [2.45, 2.75) is 35.6 Å². The number of aromatic nitrogens is 1. The summed E-state index contributed by atoms with van der Waals surface area (Å²) >= 11 is 1.48. The SMILES string of the molecule is O=C1c2ccccc2C(=O)N1CCCSc1ccc(S(=O)(=O)N2CCCCC2)cn1. The lowest BCUT2D eigenvalue weighted by atomic mass is 10.1. The number of piperidine rings is 1. The van der Waals surface area contributed by atoms with Crippen LogP contribution in [0.4, 0.5) is 0 Å². The van der Waals surface area contributed by atoms with E-state index in [1.807, 2.05) is 0 Å². The molecule has 1 aromatic heterocycles. The van der Waals surface area contributed by atoms with Crippen LogP contribution in [0.15, 0.2) is 52.5 Å². The Hall–Kier alpha value is -2.23. The van der Waals surface area contributed by atoms with Gasteiger partial charge in [-0.3, -0.25) is 14.5 Å². The molecule has 2 aromatic rings. The van der Waals surface area contributed by atoms with Crippen LogP contribution in [0.25, 0.3) is 0 Å². The first-order valence-electron chi connectivity index (χ1n) is 10.0. The minimum atomic E-state index is -3.47. The molecule has 2 aliphatic heterocycles. The first kappa shape index (κ1) is 21.0. The number of hydrogen-bond acceptors (Lipinski definition) is 6. The van der Waals surface area contributed by atoms with Crippen LogP contribution in [0.3, 0.4) is 0 Å². The van der Waals surface area contributed by atoms with E-state index >= 15 is 0 Å². The summed E-state index contributed by atoms with van der Waals surface area (Å²) < 4.78 is 26.9. The molecule has 1 aromatic carbocycles. The molecule has 2 aliphatic rings. The van der Waals surface area contributed by atoms with Crippen molar-refractivity contribution < 1.29 is 18.0 Å². The Bertz CT molecular complexity index is 1010. The van der Waals surface area contributed by atoms with Crippen LogP contribution in [0.1, 0.15) is 46.4 Å². The number of sulfonamides is 1. The summed E-state index contributed by atoms with van der Waals surface area (Å²) in [6, 6.07) is 10.2. The van der Waals surface area contributed by atoms with Crippen molar-refractivity contribution in [3.05, 3.63) is 53.7 Å². The van der Waals surface area contributed by atoms with Crippen LogP contribution < -0.4 is 0 Å². The molecule has 4 rings (SSSR count). The van der Waals surface area contributed by atoms with Crippen LogP contribution in [-0.2, 0) is 10.0 Å². The summed E-state index contributed by atoms with van der Waals surface area (Å²) in [7, 11) is -3.47. The number of carbonyl (C=O) groups excluding carboxylic acids is 2. The standard InChI is InChI=1S/C21H23N3O4S2/c25-20-17-7-2-3-8-18(17)21(26)24(20)13-6-14-29-19-10-9-16(15-22-19)30(27,28)23-11-4-1-5-12-23/h2-3,7-10,15H,1,4-6,11-14H2. The molecule has 1 saturated heterocycles. The van der Waals surface area contributed by atoms with Gasteiger partial charge in [0, 0.05) is 31.6 Å². The summed E-state index contributed by atoms with van der Waals surface area (Å²) in [5, 5.41) is 0.718. The number of carbonyl (C=O) groups is 2. The first-order chi connectivity index (χ1) is 14.5. The number of pyridine rings is 1. The number of nitrogens with zero attached hydrogens (tertiary/aromatic N) is 3. The predicted octanol–water partition coefficient (Wildman–Crippen LogP) is 3.03. The number of rotatable bonds is 7. The number of benzene rings is 1. The number of imide groups is 1. The van der Waals surface area contributed by atoms with Gasteiger partial charge >= 0.3 is 0 Å². The molecule has 3 heterocycles. The highest BCUT2D eigenvalue weighted by Crippen LogP contribution is 2.25. The second-order valence-corrected chi connectivity index (χ2v) is 10.4. The molecule has 2 amide bonds. The summed E-state index contributed by atoms with van der Waals surface area (Å²) in [4.78, 5) is 30.5. The molecular formula is C21H23N3O4S2. The van der Waals surface area contributed by atoms with Gasteiger partial charge in [-0.2, -0.15) is 4.31 Å². The molecule has 0 aliphatic carbocycles. The first-order valence-corrected chi connectivity index (χ1v) is 12.5. The van der Waals surface area contributed by atoms with Crippen LogP contribution in [-0.4, -0.2) is 59.8 Å². The molecule has 0 spiro atoms. The Kier molecular flexibility index (Phi) is 6.21. The van der Waals surface area contributed by atoms with E-state index in [0.29, 0.717) is 42.9 Å². The summed E-state index contributed by atoms with van der Waals surface area (Å²) in [5.41, 5.74) is 0.921. The highest BCUT2D eigenvalue weighted by atomic mass is 32.2. The average molecular weight is 446 g/mol. The van der Waals surface area contributed by atoms with E-state index in [9.17, 15) is 18.0 Å². The van der Waals surface area contributed by atoms with Crippen molar-refractivity contribution in [3.8, 4) is 0 Å². The van der Waals surface area contributed by atoms with Gasteiger partial charge in [-0.05, 0) is 43.5 Å². The van der Waals surface area contributed by atoms with Crippen molar-refractivity contribution in [3.63, 3.8) is 0 Å². The summed E-state index contributed by atoms with van der Waals surface area (Å²) in [6.45, 7) is 1.48. The maximum absolute atomic E-state index is 12.7. The molecule has 7 nitrogen and oxygen atoms in total. The average Bonchev–Trinajstić information content (AvgIpc) is 3.02. The van der Waals surface area contributed by atoms with Gasteiger partial charge in [0.1, 0.15) is 4.90 Å². The van der Waals surface area contributed by atoms with Gasteiger partial charge in [-0.15, -0.1) is 11.8 Å². The van der Waals surface area contributed by atoms with Crippen molar-refractivity contribution in [2.75, 3.05) is 25.4 Å². The lowest BCUT2D eigenvalue weighted by Gasteiger charge is -2.25.